The van der Waals surface area contributed by atoms with Gasteiger partial charge in [-0.1, -0.05) is 12.1 Å². The predicted octanol–water partition coefficient (Wildman–Crippen LogP) is 1.41. The first-order valence-electron chi connectivity index (χ1n) is 4.57. The van der Waals surface area contributed by atoms with E-state index in [0.29, 0.717) is 12.0 Å². The molecular formula is C11H11NO2. The van der Waals surface area contributed by atoms with Gasteiger partial charge >= 0.3 is 0 Å². The third-order valence-corrected chi connectivity index (χ3v) is 2.59. The summed E-state index contributed by atoms with van der Waals surface area (Å²) in [5.74, 6) is 0.112. The maximum Gasteiger partial charge on any atom is 0.227 e. The zero-order valence-corrected chi connectivity index (χ0v) is 7.99. The van der Waals surface area contributed by atoms with Crippen LogP contribution >= 0.6 is 0 Å². The zero-order chi connectivity index (χ0) is 10.1. The van der Waals surface area contributed by atoms with Crippen molar-refractivity contribution in [3.8, 4) is 0 Å². The molecular weight excluding hydrogens is 178 g/mol. The normalized spacial score (nSPS) is 15.2. The van der Waals surface area contributed by atoms with Crippen LogP contribution in [0.2, 0.25) is 0 Å². The Labute approximate surface area is 82.3 Å². The molecule has 72 valence electrons. The van der Waals surface area contributed by atoms with Crippen LogP contribution in [-0.2, 0) is 11.2 Å². The Bertz CT molecular complexity index is 398. The van der Waals surface area contributed by atoms with Gasteiger partial charge in [-0.05, 0) is 18.1 Å². The van der Waals surface area contributed by atoms with Gasteiger partial charge in [0.25, 0.3) is 0 Å². The number of rotatable bonds is 1. The molecule has 1 aliphatic heterocycles. The molecule has 1 aromatic carbocycles. The van der Waals surface area contributed by atoms with Crippen LogP contribution in [0.3, 0.4) is 0 Å². The molecule has 14 heavy (non-hydrogen) atoms. The van der Waals surface area contributed by atoms with E-state index in [2.05, 4.69) is 0 Å². The Kier molecular flexibility index (Phi) is 2.08. The van der Waals surface area contributed by atoms with Crippen LogP contribution in [0.5, 0.6) is 0 Å². The predicted molar refractivity (Wildman–Crippen MR) is 53.6 cm³/mol. The van der Waals surface area contributed by atoms with E-state index in [1.165, 1.54) is 0 Å². The number of benzene rings is 1. The Morgan fingerprint density at radius 1 is 1.36 bits per heavy atom. The van der Waals surface area contributed by atoms with Crippen molar-refractivity contribution in [2.75, 3.05) is 11.9 Å². The molecule has 2 rings (SSSR count). The van der Waals surface area contributed by atoms with Crippen LogP contribution in [0.25, 0.3) is 0 Å². The van der Waals surface area contributed by atoms with E-state index in [0.717, 1.165) is 24.0 Å². The summed E-state index contributed by atoms with van der Waals surface area (Å²) < 4.78 is 0. The minimum Gasteiger partial charge on any atom is -0.315 e. The molecule has 0 fully saturated rings. The zero-order valence-electron chi connectivity index (χ0n) is 7.99. The third-order valence-electron chi connectivity index (χ3n) is 2.59. The number of amides is 1. The highest BCUT2D eigenvalue weighted by atomic mass is 16.2. The topological polar surface area (TPSA) is 37.4 Å². The third kappa shape index (κ3) is 1.31. The molecule has 0 bridgehead atoms. The van der Waals surface area contributed by atoms with Crippen LogP contribution in [-0.4, -0.2) is 19.2 Å². The van der Waals surface area contributed by atoms with Gasteiger partial charge in [-0.2, -0.15) is 0 Å². The van der Waals surface area contributed by atoms with E-state index >= 15 is 0 Å². The van der Waals surface area contributed by atoms with Gasteiger partial charge in [0.15, 0.2) is 0 Å². The van der Waals surface area contributed by atoms with Crippen LogP contribution in [0, 0.1) is 0 Å². The number of fused-ring (bicyclic) bond motifs is 1. The van der Waals surface area contributed by atoms with E-state index < -0.39 is 0 Å². The lowest BCUT2D eigenvalue weighted by Crippen LogP contribution is -2.31. The fourth-order valence-corrected chi connectivity index (χ4v) is 1.72. The Morgan fingerprint density at radius 3 is 2.86 bits per heavy atom. The molecule has 0 saturated carbocycles. The second-order valence-electron chi connectivity index (χ2n) is 3.46. The summed E-state index contributed by atoms with van der Waals surface area (Å²) in [4.78, 5) is 23.6. The average molecular weight is 189 g/mol. The molecule has 0 N–H and O–H groups in total. The Morgan fingerprint density at radius 2 is 2.14 bits per heavy atom. The van der Waals surface area contributed by atoms with Gasteiger partial charge in [0, 0.05) is 24.7 Å². The summed E-state index contributed by atoms with van der Waals surface area (Å²) in [6.07, 6.45) is 2.13. The number of nitrogens with zero attached hydrogens (tertiary/aromatic N) is 1. The Hall–Kier alpha value is -1.64. The largest absolute Gasteiger partial charge is 0.315 e. The van der Waals surface area contributed by atoms with Crippen molar-refractivity contribution in [1.29, 1.82) is 0 Å². The van der Waals surface area contributed by atoms with Gasteiger partial charge in [0.1, 0.15) is 6.29 Å². The highest BCUT2D eigenvalue weighted by Crippen LogP contribution is 2.27. The summed E-state index contributed by atoms with van der Waals surface area (Å²) >= 11 is 0. The van der Waals surface area contributed by atoms with E-state index in [9.17, 15) is 9.59 Å². The van der Waals surface area contributed by atoms with Crippen molar-refractivity contribution in [2.24, 2.45) is 0 Å². The van der Waals surface area contributed by atoms with Crippen LogP contribution in [0.1, 0.15) is 22.3 Å². The molecule has 1 aromatic rings. The average Bonchev–Trinajstić information content (AvgIpc) is 2.23. The molecule has 0 saturated heterocycles. The van der Waals surface area contributed by atoms with Gasteiger partial charge in [0.05, 0.1) is 0 Å². The quantitative estimate of drug-likeness (QED) is 0.626. The highest BCUT2D eigenvalue weighted by Gasteiger charge is 2.20. The summed E-state index contributed by atoms with van der Waals surface area (Å²) in [5.41, 5.74) is 2.62. The molecule has 0 spiro atoms. The van der Waals surface area contributed by atoms with Gasteiger partial charge in [-0.15, -0.1) is 0 Å². The molecule has 0 atom stereocenters. The molecule has 3 nitrogen and oxygen atoms in total. The number of hydrogen-bond donors (Lipinski definition) is 0. The molecule has 3 heteroatoms. The Balaban J connectivity index is 2.51. The van der Waals surface area contributed by atoms with Gasteiger partial charge < -0.3 is 4.90 Å². The molecule has 0 aliphatic carbocycles. The van der Waals surface area contributed by atoms with Crippen LogP contribution in [0.15, 0.2) is 18.2 Å². The van der Waals surface area contributed by atoms with Crippen molar-refractivity contribution in [2.45, 2.75) is 12.8 Å². The van der Waals surface area contributed by atoms with Crippen molar-refractivity contribution in [3.05, 3.63) is 29.3 Å². The van der Waals surface area contributed by atoms with E-state index in [-0.39, 0.29) is 5.91 Å². The minimum absolute atomic E-state index is 0.112. The SMILES string of the molecule is CN1C(=O)CCc2ccc(C=O)cc21. The lowest BCUT2D eigenvalue weighted by atomic mass is 10.00. The second kappa shape index (κ2) is 3.25. The first-order chi connectivity index (χ1) is 6.72. The fourth-order valence-electron chi connectivity index (χ4n) is 1.72. The lowest BCUT2D eigenvalue weighted by Gasteiger charge is -2.25. The first-order valence-corrected chi connectivity index (χ1v) is 4.57. The minimum atomic E-state index is 0.112. The monoisotopic (exact) mass is 189 g/mol. The van der Waals surface area contributed by atoms with Gasteiger partial charge in [0.2, 0.25) is 5.91 Å². The van der Waals surface area contributed by atoms with Crippen molar-refractivity contribution >= 4 is 17.9 Å². The molecule has 1 aliphatic rings. The van der Waals surface area contributed by atoms with Crippen LogP contribution in [0.4, 0.5) is 5.69 Å². The number of carbonyl (C=O) groups excluding carboxylic acids is 2. The number of aldehydes is 1. The standard InChI is InChI=1S/C11H11NO2/c1-12-10-6-8(7-13)2-3-9(10)4-5-11(12)14/h2-3,6-7H,4-5H2,1H3. The van der Waals surface area contributed by atoms with Gasteiger partial charge in [-0.3, -0.25) is 9.59 Å². The first kappa shape index (κ1) is 8.94. The molecule has 0 unspecified atom stereocenters. The molecule has 1 heterocycles. The molecule has 0 radical (unpaired) electrons. The summed E-state index contributed by atoms with van der Waals surface area (Å²) in [6.45, 7) is 0. The molecule has 1 amide bonds. The fraction of sp³-hybridized carbons (Fsp3) is 0.273. The van der Waals surface area contributed by atoms with Crippen molar-refractivity contribution in [1.82, 2.24) is 0 Å². The van der Waals surface area contributed by atoms with E-state index in [4.69, 9.17) is 0 Å². The maximum absolute atomic E-state index is 11.4. The summed E-state index contributed by atoms with van der Waals surface area (Å²) in [5, 5.41) is 0. The number of carbonyl (C=O) groups is 2. The lowest BCUT2D eigenvalue weighted by molar-refractivity contribution is -0.118. The number of anilines is 1. The number of hydrogen-bond acceptors (Lipinski definition) is 2. The van der Waals surface area contributed by atoms with Gasteiger partial charge in [-0.25, -0.2) is 0 Å². The van der Waals surface area contributed by atoms with Crippen molar-refractivity contribution < 1.29 is 9.59 Å². The number of aryl methyl sites for hydroxylation is 1. The summed E-state index contributed by atoms with van der Waals surface area (Å²) in [7, 11) is 1.74. The van der Waals surface area contributed by atoms with E-state index in [1.54, 1.807) is 24.1 Å². The van der Waals surface area contributed by atoms with E-state index in [1.807, 2.05) is 6.07 Å². The summed E-state index contributed by atoms with van der Waals surface area (Å²) in [6, 6.07) is 5.47. The highest BCUT2D eigenvalue weighted by molar-refractivity contribution is 5.96. The maximum atomic E-state index is 11.4. The van der Waals surface area contributed by atoms with Crippen LogP contribution < -0.4 is 4.90 Å². The van der Waals surface area contributed by atoms with Crippen molar-refractivity contribution in [3.63, 3.8) is 0 Å². The smallest absolute Gasteiger partial charge is 0.227 e. The second-order valence-corrected chi connectivity index (χ2v) is 3.46. The molecule has 0 aromatic heterocycles.